The molecule has 0 aromatic heterocycles. The van der Waals surface area contributed by atoms with Gasteiger partial charge in [-0.15, -0.1) is 0 Å². The van der Waals surface area contributed by atoms with Crippen LogP contribution in [-0.4, -0.2) is 65.0 Å². The van der Waals surface area contributed by atoms with Crippen LogP contribution in [0.15, 0.2) is 0 Å². The van der Waals surface area contributed by atoms with Crippen LogP contribution in [0, 0.1) is 5.41 Å². The van der Waals surface area contributed by atoms with Gasteiger partial charge in [-0.25, -0.2) is 0 Å². The number of carbonyl (C=O) groups excluding carboxylic acids is 4. The number of hydrogen-bond acceptors (Lipinski definition) is 11. The molecule has 3 atom stereocenters. The SMILES string of the molecule is CC(=O)OCC(C)OC(OC(=N)C(Cl)(Cl)Cl)C(OC(C)=O)C(OC(C)=O)OC(C)=O. The molecule has 0 amide bonds. The van der Waals surface area contributed by atoms with Crippen molar-refractivity contribution in [2.45, 2.75) is 63.2 Å². The fraction of sp³-hybridized carbons (Fsp3) is 0.688. The predicted octanol–water partition coefficient (Wildman–Crippen LogP) is 2.03. The summed E-state index contributed by atoms with van der Waals surface area (Å²) in [4.78, 5) is 45.5. The summed E-state index contributed by atoms with van der Waals surface area (Å²) in [5.74, 6) is -4.26. The van der Waals surface area contributed by atoms with Crippen molar-refractivity contribution in [1.82, 2.24) is 0 Å². The molecule has 11 nitrogen and oxygen atoms in total. The first kappa shape index (κ1) is 28.2. The lowest BCUT2D eigenvalue weighted by molar-refractivity contribution is -0.261. The van der Waals surface area contributed by atoms with Gasteiger partial charge in [0, 0.05) is 27.7 Å². The monoisotopic (exact) mass is 493 g/mol. The summed E-state index contributed by atoms with van der Waals surface area (Å²) in [6.45, 7) is 5.35. The Morgan fingerprint density at radius 3 is 1.63 bits per heavy atom. The minimum Gasteiger partial charge on any atom is -0.463 e. The van der Waals surface area contributed by atoms with Gasteiger partial charge >= 0.3 is 23.9 Å². The van der Waals surface area contributed by atoms with Gasteiger partial charge in [-0.2, -0.15) is 0 Å². The van der Waals surface area contributed by atoms with Crippen molar-refractivity contribution in [2.75, 3.05) is 6.61 Å². The Bertz CT molecular complexity index is 636. The highest BCUT2D eigenvalue weighted by Crippen LogP contribution is 2.30. The average Bonchev–Trinajstić information content (AvgIpc) is 2.54. The molecule has 0 aliphatic rings. The van der Waals surface area contributed by atoms with Gasteiger partial charge in [-0.1, -0.05) is 34.8 Å². The smallest absolute Gasteiger partial charge is 0.305 e. The number of esters is 4. The maximum atomic E-state index is 11.6. The minimum atomic E-state index is -2.33. The Kier molecular flexibility index (Phi) is 12.0. The topological polar surface area (TPSA) is 148 Å². The first-order valence-electron chi connectivity index (χ1n) is 8.26. The van der Waals surface area contributed by atoms with E-state index in [2.05, 4.69) is 0 Å². The molecule has 0 aliphatic carbocycles. The van der Waals surface area contributed by atoms with Crippen LogP contribution in [0.5, 0.6) is 0 Å². The van der Waals surface area contributed by atoms with Crippen LogP contribution in [0.1, 0.15) is 34.6 Å². The Balaban J connectivity index is 5.96. The van der Waals surface area contributed by atoms with Gasteiger partial charge in [0.25, 0.3) is 10.1 Å². The van der Waals surface area contributed by atoms with Crippen molar-refractivity contribution in [1.29, 1.82) is 5.41 Å². The van der Waals surface area contributed by atoms with Gasteiger partial charge in [0.05, 0.1) is 6.10 Å². The second-order valence-corrected chi connectivity index (χ2v) is 8.00. The molecule has 0 saturated heterocycles. The summed E-state index contributed by atoms with van der Waals surface area (Å²) in [6, 6.07) is 0. The van der Waals surface area contributed by atoms with Crippen molar-refractivity contribution in [3.63, 3.8) is 0 Å². The number of carbonyl (C=O) groups is 4. The summed E-state index contributed by atoms with van der Waals surface area (Å²) in [6.07, 6.45) is -6.28. The average molecular weight is 495 g/mol. The second-order valence-electron chi connectivity index (χ2n) is 5.72. The van der Waals surface area contributed by atoms with Crippen LogP contribution in [0.2, 0.25) is 0 Å². The van der Waals surface area contributed by atoms with E-state index in [9.17, 15) is 19.2 Å². The van der Waals surface area contributed by atoms with Gasteiger partial charge in [-0.3, -0.25) is 24.6 Å². The third-order valence-electron chi connectivity index (χ3n) is 2.78. The third-order valence-corrected chi connectivity index (χ3v) is 3.30. The first-order valence-corrected chi connectivity index (χ1v) is 9.39. The number of alkyl halides is 3. The Labute approximate surface area is 187 Å². The molecule has 0 aromatic carbocycles. The van der Waals surface area contributed by atoms with Crippen molar-refractivity contribution >= 4 is 64.6 Å². The van der Waals surface area contributed by atoms with Crippen LogP contribution in [-0.2, 0) is 47.6 Å². The molecule has 0 aliphatic heterocycles. The van der Waals surface area contributed by atoms with Gasteiger partial charge in [0.15, 0.2) is 0 Å². The van der Waals surface area contributed by atoms with Gasteiger partial charge in [0.2, 0.25) is 18.3 Å². The molecule has 0 spiro atoms. The summed E-state index contributed by atoms with van der Waals surface area (Å²) in [5, 5.41) is 7.75. The number of halogens is 3. The third kappa shape index (κ3) is 12.0. The summed E-state index contributed by atoms with van der Waals surface area (Å²) < 4.78 is 27.9. The molecule has 0 bridgehead atoms. The Morgan fingerprint density at radius 2 is 1.27 bits per heavy atom. The predicted molar refractivity (Wildman–Crippen MR) is 103 cm³/mol. The molecular formula is C16H22Cl3NO10. The molecule has 0 radical (unpaired) electrons. The van der Waals surface area contributed by atoms with Crippen LogP contribution < -0.4 is 0 Å². The van der Waals surface area contributed by atoms with Crippen LogP contribution in [0.25, 0.3) is 0 Å². The fourth-order valence-electron chi connectivity index (χ4n) is 1.77. The second kappa shape index (κ2) is 12.8. The summed E-state index contributed by atoms with van der Waals surface area (Å²) >= 11 is 16.8. The standard InChI is InChI=1S/C16H22Cl3NO10/c1-7(6-25-8(2)21)26-13(30-15(20)16(17,18)19)12(27-9(3)22)14(28-10(4)23)29-11(5)24/h7,12-14,20H,6H2,1-5H3. The molecule has 14 heteroatoms. The highest BCUT2D eigenvalue weighted by molar-refractivity contribution is 6.76. The summed E-state index contributed by atoms with van der Waals surface area (Å²) in [5.41, 5.74) is 0. The van der Waals surface area contributed by atoms with Gasteiger partial charge < -0.3 is 28.4 Å². The highest BCUT2D eigenvalue weighted by atomic mass is 35.6. The molecule has 1 N–H and O–H groups in total. The van der Waals surface area contributed by atoms with Crippen molar-refractivity contribution < 1.29 is 47.6 Å². The minimum absolute atomic E-state index is 0.269. The lowest BCUT2D eigenvalue weighted by Gasteiger charge is -2.33. The van der Waals surface area contributed by atoms with Crippen LogP contribution >= 0.6 is 34.8 Å². The first-order chi connectivity index (χ1) is 13.6. The molecule has 0 aromatic rings. The maximum absolute atomic E-state index is 11.6. The van der Waals surface area contributed by atoms with E-state index in [0.717, 1.165) is 20.8 Å². The van der Waals surface area contributed by atoms with E-state index in [-0.39, 0.29) is 6.61 Å². The van der Waals surface area contributed by atoms with E-state index in [4.69, 9.17) is 68.6 Å². The van der Waals surface area contributed by atoms with Crippen molar-refractivity contribution in [2.24, 2.45) is 0 Å². The molecule has 172 valence electrons. The molecule has 0 heterocycles. The zero-order valence-electron chi connectivity index (χ0n) is 16.7. The maximum Gasteiger partial charge on any atom is 0.305 e. The zero-order chi connectivity index (χ0) is 23.6. The molecular weight excluding hydrogens is 473 g/mol. The van der Waals surface area contributed by atoms with E-state index in [1.54, 1.807) is 0 Å². The number of nitrogens with one attached hydrogen (secondary N) is 1. The van der Waals surface area contributed by atoms with Gasteiger partial charge in [-0.05, 0) is 6.92 Å². The van der Waals surface area contributed by atoms with Crippen molar-refractivity contribution in [3.05, 3.63) is 0 Å². The fourth-order valence-corrected chi connectivity index (χ4v) is 1.91. The molecule has 3 unspecified atom stereocenters. The van der Waals surface area contributed by atoms with E-state index >= 15 is 0 Å². The normalized spacial score (nSPS) is 14.2. The lowest BCUT2D eigenvalue weighted by atomic mass is 10.3. The number of ether oxygens (including phenoxy) is 6. The molecule has 0 fully saturated rings. The Hall–Kier alpha value is -1.82. The summed E-state index contributed by atoms with van der Waals surface area (Å²) in [7, 11) is 0. The van der Waals surface area contributed by atoms with Crippen LogP contribution in [0.4, 0.5) is 0 Å². The van der Waals surface area contributed by atoms with Gasteiger partial charge in [0.1, 0.15) is 6.61 Å². The molecule has 30 heavy (non-hydrogen) atoms. The highest BCUT2D eigenvalue weighted by Gasteiger charge is 2.43. The Morgan fingerprint density at radius 1 is 0.800 bits per heavy atom. The zero-order valence-corrected chi connectivity index (χ0v) is 19.0. The number of hydrogen-bond donors (Lipinski definition) is 1. The quantitative estimate of drug-likeness (QED) is 0.119. The van der Waals surface area contributed by atoms with Crippen molar-refractivity contribution in [3.8, 4) is 0 Å². The van der Waals surface area contributed by atoms with E-state index in [1.807, 2.05) is 0 Å². The number of rotatable bonds is 10. The lowest BCUT2D eigenvalue weighted by Crippen LogP contribution is -2.50. The van der Waals surface area contributed by atoms with E-state index < -0.39 is 58.4 Å². The molecule has 0 saturated carbocycles. The largest absolute Gasteiger partial charge is 0.463 e. The van der Waals surface area contributed by atoms with E-state index in [1.165, 1.54) is 13.8 Å². The van der Waals surface area contributed by atoms with E-state index in [0.29, 0.717) is 0 Å². The molecule has 0 rings (SSSR count). The van der Waals surface area contributed by atoms with Crippen LogP contribution in [0.3, 0.4) is 0 Å².